The van der Waals surface area contributed by atoms with Crippen LogP contribution in [0.1, 0.15) is 52.9 Å². The number of nitrogens with two attached hydrogens (primary N) is 1. The van der Waals surface area contributed by atoms with Gasteiger partial charge in [-0.05, 0) is 63.5 Å². The summed E-state index contributed by atoms with van der Waals surface area (Å²) in [4.78, 5) is 2.69. The van der Waals surface area contributed by atoms with Gasteiger partial charge in [-0.3, -0.25) is 4.90 Å². The third-order valence-electron chi connectivity index (χ3n) is 4.93. The Morgan fingerprint density at radius 2 is 1.94 bits per heavy atom. The Morgan fingerprint density at radius 1 is 1.25 bits per heavy atom. The van der Waals surface area contributed by atoms with Gasteiger partial charge in [0.1, 0.15) is 0 Å². The van der Waals surface area contributed by atoms with E-state index in [-0.39, 0.29) is 0 Å². The van der Waals surface area contributed by atoms with Gasteiger partial charge in [-0.15, -0.1) is 0 Å². The minimum atomic E-state index is 0.292. The zero-order chi connectivity index (χ0) is 11.8. The van der Waals surface area contributed by atoms with Crippen molar-refractivity contribution in [3.63, 3.8) is 0 Å². The van der Waals surface area contributed by atoms with Crippen molar-refractivity contribution < 1.29 is 0 Å². The van der Waals surface area contributed by atoms with Crippen LogP contribution in [0.5, 0.6) is 0 Å². The minimum Gasteiger partial charge on any atom is -0.329 e. The van der Waals surface area contributed by atoms with Crippen LogP contribution in [0.2, 0.25) is 0 Å². The minimum absolute atomic E-state index is 0.292. The summed E-state index contributed by atoms with van der Waals surface area (Å²) < 4.78 is 0. The SMILES string of the molecule is CC1(C)CCCN(C(C)(CN)C2CC2)CC1. The van der Waals surface area contributed by atoms with Crippen LogP contribution in [-0.4, -0.2) is 30.1 Å². The van der Waals surface area contributed by atoms with Crippen molar-refractivity contribution in [2.45, 2.75) is 58.4 Å². The Labute approximate surface area is 101 Å². The van der Waals surface area contributed by atoms with E-state index >= 15 is 0 Å². The molecule has 94 valence electrons. The van der Waals surface area contributed by atoms with Crippen LogP contribution in [0.25, 0.3) is 0 Å². The Morgan fingerprint density at radius 3 is 2.50 bits per heavy atom. The van der Waals surface area contributed by atoms with Crippen molar-refractivity contribution >= 4 is 0 Å². The molecule has 2 rings (SSSR count). The number of hydrogen-bond acceptors (Lipinski definition) is 2. The van der Waals surface area contributed by atoms with E-state index in [0.29, 0.717) is 11.0 Å². The van der Waals surface area contributed by atoms with Crippen LogP contribution < -0.4 is 5.73 Å². The van der Waals surface area contributed by atoms with E-state index in [9.17, 15) is 0 Å². The molecule has 1 heterocycles. The highest BCUT2D eigenvalue weighted by molar-refractivity contribution is 5.01. The highest BCUT2D eigenvalue weighted by atomic mass is 15.2. The van der Waals surface area contributed by atoms with Crippen LogP contribution in [-0.2, 0) is 0 Å². The molecule has 2 fully saturated rings. The molecule has 0 radical (unpaired) electrons. The summed E-state index contributed by atoms with van der Waals surface area (Å²) in [5.41, 5.74) is 6.88. The number of likely N-dealkylation sites (tertiary alicyclic amines) is 1. The summed E-state index contributed by atoms with van der Waals surface area (Å²) in [6, 6.07) is 0. The fraction of sp³-hybridized carbons (Fsp3) is 1.00. The second-order valence-corrected chi connectivity index (χ2v) is 6.84. The normalized spacial score (nSPS) is 30.8. The second kappa shape index (κ2) is 4.30. The summed E-state index contributed by atoms with van der Waals surface area (Å²) in [7, 11) is 0. The summed E-state index contributed by atoms with van der Waals surface area (Å²) >= 11 is 0. The summed E-state index contributed by atoms with van der Waals surface area (Å²) in [6.45, 7) is 10.5. The summed E-state index contributed by atoms with van der Waals surface area (Å²) in [6.07, 6.45) is 6.83. The molecule has 1 atom stereocenters. The zero-order valence-electron chi connectivity index (χ0n) is 11.3. The van der Waals surface area contributed by atoms with Gasteiger partial charge in [-0.2, -0.15) is 0 Å². The summed E-state index contributed by atoms with van der Waals surface area (Å²) in [5.74, 6) is 0.874. The van der Waals surface area contributed by atoms with Crippen molar-refractivity contribution in [1.82, 2.24) is 4.90 Å². The monoisotopic (exact) mass is 224 g/mol. The molecule has 0 bridgehead atoms. The Kier molecular flexibility index (Phi) is 3.33. The van der Waals surface area contributed by atoms with Crippen molar-refractivity contribution in [2.75, 3.05) is 19.6 Å². The van der Waals surface area contributed by atoms with Crippen molar-refractivity contribution in [1.29, 1.82) is 0 Å². The van der Waals surface area contributed by atoms with Gasteiger partial charge in [-0.25, -0.2) is 0 Å². The Hall–Kier alpha value is -0.0800. The molecule has 0 spiro atoms. The molecule has 0 aromatic rings. The van der Waals surface area contributed by atoms with Crippen molar-refractivity contribution in [3.05, 3.63) is 0 Å². The van der Waals surface area contributed by atoms with E-state index < -0.39 is 0 Å². The van der Waals surface area contributed by atoms with Gasteiger partial charge in [-0.1, -0.05) is 13.8 Å². The van der Waals surface area contributed by atoms with Gasteiger partial charge in [0.2, 0.25) is 0 Å². The van der Waals surface area contributed by atoms with E-state index in [4.69, 9.17) is 5.73 Å². The highest BCUT2D eigenvalue weighted by Gasteiger charge is 2.45. The molecule has 2 aliphatic rings. The second-order valence-electron chi connectivity index (χ2n) is 6.84. The lowest BCUT2D eigenvalue weighted by molar-refractivity contribution is 0.0897. The predicted octanol–water partition coefficient (Wildman–Crippen LogP) is 2.63. The lowest BCUT2D eigenvalue weighted by atomic mass is 9.85. The standard InChI is InChI=1S/C14H28N2/c1-13(2)7-4-9-16(10-8-13)14(3,11-15)12-5-6-12/h12H,4-11,15H2,1-3H3. The van der Waals surface area contributed by atoms with Gasteiger partial charge in [0, 0.05) is 12.1 Å². The van der Waals surface area contributed by atoms with Gasteiger partial charge in [0.25, 0.3) is 0 Å². The average molecular weight is 224 g/mol. The van der Waals surface area contributed by atoms with Crippen molar-refractivity contribution in [3.8, 4) is 0 Å². The Balaban J connectivity index is 2.03. The molecule has 0 aromatic carbocycles. The third kappa shape index (κ3) is 2.43. The zero-order valence-corrected chi connectivity index (χ0v) is 11.3. The highest BCUT2D eigenvalue weighted by Crippen LogP contribution is 2.44. The molecule has 0 amide bonds. The quantitative estimate of drug-likeness (QED) is 0.798. The van der Waals surface area contributed by atoms with E-state index in [0.717, 1.165) is 12.5 Å². The van der Waals surface area contributed by atoms with Gasteiger partial charge >= 0.3 is 0 Å². The fourth-order valence-electron chi connectivity index (χ4n) is 3.19. The van der Waals surface area contributed by atoms with Crippen molar-refractivity contribution in [2.24, 2.45) is 17.1 Å². The van der Waals surface area contributed by atoms with E-state index in [1.807, 2.05) is 0 Å². The third-order valence-corrected chi connectivity index (χ3v) is 4.93. The molecule has 2 N–H and O–H groups in total. The van der Waals surface area contributed by atoms with Crippen LogP contribution >= 0.6 is 0 Å². The maximum atomic E-state index is 6.06. The first-order valence-electron chi connectivity index (χ1n) is 6.93. The fourth-order valence-corrected chi connectivity index (χ4v) is 3.19. The summed E-state index contributed by atoms with van der Waals surface area (Å²) in [5, 5.41) is 0. The number of nitrogens with zero attached hydrogens (tertiary/aromatic N) is 1. The van der Waals surface area contributed by atoms with Crippen LogP contribution in [0.4, 0.5) is 0 Å². The topological polar surface area (TPSA) is 29.3 Å². The molecule has 1 aliphatic carbocycles. The van der Waals surface area contributed by atoms with Gasteiger partial charge in [0.15, 0.2) is 0 Å². The molecule has 1 aliphatic heterocycles. The van der Waals surface area contributed by atoms with E-state index in [1.165, 1.54) is 45.2 Å². The first-order chi connectivity index (χ1) is 7.48. The molecule has 2 nitrogen and oxygen atoms in total. The van der Waals surface area contributed by atoms with Crippen LogP contribution in [0.15, 0.2) is 0 Å². The molecular weight excluding hydrogens is 196 g/mol. The smallest absolute Gasteiger partial charge is 0.0331 e. The molecule has 1 saturated heterocycles. The molecule has 1 unspecified atom stereocenters. The van der Waals surface area contributed by atoms with E-state index in [1.54, 1.807) is 0 Å². The maximum absolute atomic E-state index is 6.06. The maximum Gasteiger partial charge on any atom is 0.0331 e. The Bertz CT molecular complexity index is 245. The van der Waals surface area contributed by atoms with Gasteiger partial charge < -0.3 is 5.73 Å². The number of rotatable bonds is 3. The first kappa shape index (κ1) is 12.4. The van der Waals surface area contributed by atoms with E-state index in [2.05, 4.69) is 25.7 Å². The number of hydrogen-bond donors (Lipinski definition) is 1. The molecule has 2 heteroatoms. The molecule has 16 heavy (non-hydrogen) atoms. The van der Waals surface area contributed by atoms with Gasteiger partial charge in [0.05, 0.1) is 0 Å². The first-order valence-corrected chi connectivity index (χ1v) is 6.93. The largest absolute Gasteiger partial charge is 0.329 e. The average Bonchev–Trinajstić information content (AvgIpc) is 3.04. The molecule has 0 aromatic heterocycles. The lowest BCUT2D eigenvalue weighted by Gasteiger charge is -2.41. The van der Waals surface area contributed by atoms with Crippen LogP contribution in [0.3, 0.4) is 0 Å². The lowest BCUT2D eigenvalue weighted by Crippen LogP contribution is -2.53. The predicted molar refractivity (Wildman–Crippen MR) is 69.4 cm³/mol. The molecule has 1 saturated carbocycles. The molecular formula is C14H28N2. The van der Waals surface area contributed by atoms with Crippen LogP contribution in [0, 0.1) is 11.3 Å².